The monoisotopic (exact) mass is 673 g/mol. The van der Waals surface area contributed by atoms with Crippen LogP contribution in [0.5, 0.6) is 0 Å². The van der Waals surface area contributed by atoms with E-state index >= 15 is 0 Å². The van der Waals surface area contributed by atoms with E-state index in [1.807, 2.05) is 126 Å². The van der Waals surface area contributed by atoms with E-state index in [0.717, 1.165) is 28.5 Å². The van der Waals surface area contributed by atoms with Crippen LogP contribution in [0.3, 0.4) is 0 Å². The molecule has 254 valence electrons. The number of hydroxylamine groups is 2. The molecule has 2 aliphatic rings. The van der Waals surface area contributed by atoms with Crippen LogP contribution in [0.15, 0.2) is 121 Å². The molecule has 0 radical (unpaired) electrons. The van der Waals surface area contributed by atoms with Gasteiger partial charge in [0.2, 0.25) is 0 Å². The first-order chi connectivity index (χ1) is 23.4. The van der Waals surface area contributed by atoms with Gasteiger partial charge in [-0.05, 0) is 28.7 Å². The number of fused-ring (bicyclic) bond motifs is 1. The van der Waals surface area contributed by atoms with E-state index in [2.05, 4.69) is 0 Å². The molecule has 2 fully saturated rings. The topological polar surface area (TPSA) is 92.8 Å². The summed E-state index contributed by atoms with van der Waals surface area (Å²) in [6.07, 6.45) is -0.00133. The Kier molecular flexibility index (Phi) is 11.7. The number of benzene rings is 4. The lowest BCUT2D eigenvalue weighted by Gasteiger charge is -2.40. The van der Waals surface area contributed by atoms with Gasteiger partial charge in [-0.2, -0.15) is 13.5 Å². The van der Waals surface area contributed by atoms with E-state index in [1.165, 1.54) is 0 Å². The van der Waals surface area contributed by atoms with Crippen LogP contribution in [0.2, 0.25) is 0 Å². The van der Waals surface area contributed by atoms with Gasteiger partial charge in [0.15, 0.2) is 0 Å². The largest absolute Gasteiger partial charge is 0.375 e. The summed E-state index contributed by atoms with van der Waals surface area (Å²) >= 11 is 0. The van der Waals surface area contributed by atoms with Crippen LogP contribution >= 0.6 is 0 Å². The Labute approximate surface area is 283 Å². The lowest BCUT2D eigenvalue weighted by atomic mass is 9.92. The minimum atomic E-state index is -3.67. The van der Waals surface area contributed by atoms with Crippen molar-refractivity contribution in [3.8, 4) is 0 Å². The smallest absolute Gasteiger partial charge is 0.264 e. The van der Waals surface area contributed by atoms with Gasteiger partial charge in [0.1, 0.15) is 23.9 Å². The van der Waals surface area contributed by atoms with Crippen molar-refractivity contribution in [1.29, 1.82) is 0 Å². The van der Waals surface area contributed by atoms with Crippen LogP contribution < -0.4 is 0 Å². The first-order valence-corrected chi connectivity index (χ1v) is 18.1. The molecule has 4 aromatic rings. The van der Waals surface area contributed by atoms with Crippen molar-refractivity contribution in [3.63, 3.8) is 0 Å². The molecule has 48 heavy (non-hydrogen) atoms. The van der Waals surface area contributed by atoms with Crippen LogP contribution in [0.1, 0.15) is 28.7 Å². The molecule has 2 heterocycles. The third-order valence-corrected chi connectivity index (χ3v) is 9.23. The van der Waals surface area contributed by atoms with E-state index in [4.69, 9.17) is 28.0 Å². The molecule has 2 saturated heterocycles. The van der Waals surface area contributed by atoms with Crippen molar-refractivity contribution >= 4 is 10.1 Å². The van der Waals surface area contributed by atoms with Crippen LogP contribution in [0, 0.1) is 0 Å². The molecule has 0 unspecified atom stereocenters. The maximum absolute atomic E-state index is 11.9. The quantitative estimate of drug-likeness (QED) is 0.131. The van der Waals surface area contributed by atoms with Crippen molar-refractivity contribution in [3.05, 3.63) is 144 Å². The molecule has 10 heteroatoms. The average molecular weight is 674 g/mol. The summed E-state index contributed by atoms with van der Waals surface area (Å²) in [6.45, 7) is 1.75. The van der Waals surface area contributed by atoms with Crippen molar-refractivity contribution in [2.24, 2.45) is 0 Å². The summed E-state index contributed by atoms with van der Waals surface area (Å²) in [5.74, 6) is 0. The number of hydrogen-bond donors (Lipinski definition) is 0. The first-order valence-electron chi connectivity index (χ1n) is 16.2. The van der Waals surface area contributed by atoms with Crippen LogP contribution in [-0.2, 0) is 64.5 Å². The Morgan fingerprint density at radius 2 is 1.10 bits per heavy atom. The molecule has 0 aromatic heterocycles. The summed E-state index contributed by atoms with van der Waals surface area (Å²) in [5, 5.41) is 1.91. The van der Waals surface area contributed by atoms with Crippen LogP contribution in [0.25, 0.3) is 0 Å². The number of nitrogens with zero attached hydrogens (tertiary/aromatic N) is 1. The fourth-order valence-electron chi connectivity index (χ4n) is 6.43. The normalized spacial score (nSPS) is 22.1. The molecule has 2 aliphatic heterocycles. The Morgan fingerprint density at radius 3 is 1.56 bits per heavy atom. The van der Waals surface area contributed by atoms with Crippen molar-refractivity contribution < 1.29 is 36.4 Å². The van der Waals surface area contributed by atoms with E-state index in [-0.39, 0.29) is 25.9 Å². The van der Waals surface area contributed by atoms with Gasteiger partial charge in [-0.15, -0.1) is 0 Å². The summed E-state index contributed by atoms with van der Waals surface area (Å²) in [5.41, 5.74) is 3.17. The third kappa shape index (κ3) is 8.96. The fourth-order valence-corrected chi connectivity index (χ4v) is 6.83. The maximum atomic E-state index is 11.9. The molecule has 6 rings (SSSR count). The Balaban J connectivity index is 1.34. The summed E-state index contributed by atoms with van der Waals surface area (Å²) < 4.78 is 55.7. The molecular formula is C38H43NO8S. The Bertz CT molecular complexity index is 1600. The van der Waals surface area contributed by atoms with Gasteiger partial charge < -0.3 is 18.9 Å². The molecule has 0 amide bonds. The second-order valence-electron chi connectivity index (χ2n) is 12.4. The van der Waals surface area contributed by atoms with Gasteiger partial charge >= 0.3 is 0 Å². The molecule has 0 bridgehead atoms. The van der Waals surface area contributed by atoms with Gasteiger partial charge in [-0.25, -0.2) is 0 Å². The van der Waals surface area contributed by atoms with Crippen molar-refractivity contribution in [2.75, 3.05) is 26.1 Å². The molecule has 0 aliphatic carbocycles. The van der Waals surface area contributed by atoms with Gasteiger partial charge in [0.25, 0.3) is 10.1 Å². The maximum Gasteiger partial charge on any atom is 0.264 e. The predicted molar refractivity (Wildman–Crippen MR) is 181 cm³/mol. The second kappa shape index (κ2) is 16.3. The van der Waals surface area contributed by atoms with Gasteiger partial charge in [0, 0.05) is 0 Å². The zero-order valence-corrected chi connectivity index (χ0v) is 28.0. The molecule has 9 nitrogen and oxygen atoms in total. The van der Waals surface area contributed by atoms with Gasteiger partial charge in [-0.1, -0.05) is 121 Å². The summed E-state index contributed by atoms with van der Waals surface area (Å²) in [4.78, 5) is 6.59. The minimum Gasteiger partial charge on any atom is -0.375 e. The fraction of sp³-hybridized carbons (Fsp3) is 0.368. The molecule has 4 aromatic carbocycles. The Hall–Kier alpha value is -3.45. The van der Waals surface area contributed by atoms with E-state index < -0.39 is 34.0 Å². The van der Waals surface area contributed by atoms with E-state index in [1.54, 1.807) is 0 Å². The second-order valence-corrected chi connectivity index (χ2v) is 14.0. The highest BCUT2D eigenvalue weighted by Gasteiger charge is 2.65. The molecular weight excluding hydrogens is 630 g/mol. The molecule has 0 N–H and O–H groups in total. The highest BCUT2D eigenvalue weighted by Crippen LogP contribution is 2.46. The average Bonchev–Trinajstić information content (AvgIpc) is 3.63. The van der Waals surface area contributed by atoms with E-state index in [0.29, 0.717) is 32.8 Å². The number of ether oxygens (including phenoxy) is 4. The van der Waals surface area contributed by atoms with Gasteiger partial charge in [-0.3, -0.25) is 9.02 Å². The van der Waals surface area contributed by atoms with Crippen LogP contribution in [0.4, 0.5) is 0 Å². The molecule has 0 saturated carbocycles. The summed E-state index contributed by atoms with van der Waals surface area (Å²) in [6, 6.07) is 39.7. The first kappa shape index (κ1) is 34.4. The SMILES string of the molecule is CS(=O)(=O)OC[C@@H]1C[C@H]2[C@H](OCc3ccccc3)[C@H](OCc3ccccc3)C(COCc3ccccc3)(COCc3ccccc3)N2O1. The highest BCUT2D eigenvalue weighted by atomic mass is 32.2. The lowest BCUT2D eigenvalue weighted by molar-refractivity contribution is -0.256. The zero-order valence-electron chi connectivity index (χ0n) is 27.1. The highest BCUT2D eigenvalue weighted by molar-refractivity contribution is 7.85. The van der Waals surface area contributed by atoms with Crippen molar-refractivity contribution in [1.82, 2.24) is 5.06 Å². The Morgan fingerprint density at radius 1 is 0.667 bits per heavy atom. The van der Waals surface area contributed by atoms with Gasteiger partial charge in [0.05, 0.1) is 58.5 Å². The zero-order chi connectivity index (χ0) is 33.2. The summed E-state index contributed by atoms with van der Waals surface area (Å²) in [7, 11) is -3.67. The number of rotatable bonds is 17. The lowest BCUT2D eigenvalue weighted by Crippen LogP contribution is -2.59. The minimum absolute atomic E-state index is 0.112. The molecule has 0 spiro atoms. The number of hydrogen-bond acceptors (Lipinski definition) is 9. The predicted octanol–water partition coefficient (Wildman–Crippen LogP) is 5.69. The third-order valence-electron chi connectivity index (χ3n) is 8.67. The van der Waals surface area contributed by atoms with Crippen molar-refractivity contribution in [2.45, 2.75) is 62.7 Å². The standard InChI is InChI=1S/C38H43NO8S/c1-48(40,41)46-27-34-22-35-36(44-25-32-18-10-4-11-19-32)37(45-26-33-20-12-5-13-21-33)38(39(35)47-34,28-42-23-30-14-6-2-7-15-30)29-43-24-31-16-8-3-9-17-31/h2-21,34-37H,22-29H2,1H3/t34-,35-,36-,37-/m0/s1. The van der Waals surface area contributed by atoms with Crippen LogP contribution in [-0.4, -0.2) is 69.5 Å². The van der Waals surface area contributed by atoms with E-state index in [9.17, 15) is 8.42 Å². The molecule has 4 atom stereocenters.